The standard InChI is InChI=1S/C14H17NO4S/c1-19-14(18)12-6-5-11(20-12)3-2-8-15-10(9-16)4-7-13(15)17/h2-3,5-6,10,16H,4,7-9H2,1H3/t10-/m1/s1. The van der Waals surface area contributed by atoms with Crippen molar-refractivity contribution >= 4 is 29.3 Å². The molecule has 1 aromatic heterocycles. The number of ether oxygens (including phenoxy) is 1. The van der Waals surface area contributed by atoms with Crippen LogP contribution in [0.1, 0.15) is 27.4 Å². The largest absolute Gasteiger partial charge is 0.465 e. The highest BCUT2D eigenvalue weighted by atomic mass is 32.1. The SMILES string of the molecule is COC(=O)c1ccc(C=CCN2C(=O)CC[C@@H]2CO)s1. The van der Waals surface area contributed by atoms with Crippen molar-refractivity contribution in [2.45, 2.75) is 18.9 Å². The first-order chi connectivity index (χ1) is 9.65. The van der Waals surface area contributed by atoms with Crippen molar-refractivity contribution in [3.63, 3.8) is 0 Å². The Bertz CT molecular complexity index is 523. The quantitative estimate of drug-likeness (QED) is 0.837. The smallest absolute Gasteiger partial charge is 0.348 e. The van der Waals surface area contributed by atoms with Gasteiger partial charge in [0.1, 0.15) is 4.88 Å². The van der Waals surface area contributed by atoms with E-state index in [1.807, 2.05) is 18.2 Å². The first kappa shape index (κ1) is 14.7. The maximum Gasteiger partial charge on any atom is 0.348 e. The molecule has 0 aliphatic carbocycles. The number of nitrogens with zero attached hydrogens (tertiary/aromatic N) is 1. The molecule has 5 nitrogen and oxygen atoms in total. The summed E-state index contributed by atoms with van der Waals surface area (Å²) in [6.45, 7) is 0.487. The molecule has 1 aromatic rings. The summed E-state index contributed by atoms with van der Waals surface area (Å²) in [4.78, 5) is 26.1. The second kappa shape index (κ2) is 6.67. The number of methoxy groups -OCH3 is 1. The summed E-state index contributed by atoms with van der Waals surface area (Å²) < 4.78 is 4.64. The lowest BCUT2D eigenvalue weighted by molar-refractivity contribution is -0.128. The number of esters is 1. The van der Waals surface area contributed by atoms with Gasteiger partial charge in [0.2, 0.25) is 5.91 Å². The van der Waals surface area contributed by atoms with Gasteiger partial charge < -0.3 is 14.7 Å². The van der Waals surface area contributed by atoms with Crippen LogP contribution >= 0.6 is 11.3 Å². The molecule has 2 heterocycles. The van der Waals surface area contributed by atoms with Gasteiger partial charge >= 0.3 is 5.97 Å². The van der Waals surface area contributed by atoms with Crippen molar-refractivity contribution in [3.8, 4) is 0 Å². The van der Waals surface area contributed by atoms with Crippen molar-refractivity contribution < 1.29 is 19.4 Å². The highest BCUT2D eigenvalue weighted by Crippen LogP contribution is 2.20. The molecule has 108 valence electrons. The third kappa shape index (κ3) is 3.26. The fourth-order valence-corrected chi connectivity index (χ4v) is 3.03. The topological polar surface area (TPSA) is 66.8 Å². The van der Waals surface area contributed by atoms with Crippen LogP contribution in [0.15, 0.2) is 18.2 Å². The highest BCUT2D eigenvalue weighted by Gasteiger charge is 2.28. The Labute approximate surface area is 121 Å². The van der Waals surface area contributed by atoms with E-state index < -0.39 is 0 Å². The lowest BCUT2D eigenvalue weighted by atomic mass is 10.2. The zero-order valence-corrected chi connectivity index (χ0v) is 12.1. The molecule has 1 atom stereocenters. The molecule has 0 saturated carbocycles. The van der Waals surface area contributed by atoms with Gasteiger partial charge in [0.25, 0.3) is 0 Å². The fourth-order valence-electron chi connectivity index (χ4n) is 2.17. The second-order valence-electron chi connectivity index (χ2n) is 4.52. The molecule has 6 heteroatoms. The highest BCUT2D eigenvalue weighted by molar-refractivity contribution is 7.14. The monoisotopic (exact) mass is 295 g/mol. The maximum absolute atomic E-state index is 11.6. The minimum atomic E-state index is -0.343. The second-order valence-corrected chi connectivity index (χ2v) is 5.63. The van der Waals surface area contributed by atoms with E-state index in [1.54, 1.807) is 11.0 Å². The summed E-state index contributed by atoms with van der Waals surface area (Å²) in [6, 6.07) is 3.48. The molecule has 0 bridgehead atoms. The first-order valence-corrected chi connectivity index (χ1v) is 7.22. The van der Waals surface area contributed by atoms with Crippen LogP contribution in [-0.4, -0.2) is 48.2 Å². The molecule has 1 saturated heterocycles. The van der Waals surface area contributed by atoms with Crippen LogP contribution in [0.5, 0.6) is 0 Å². The van der Waals surface area contributed by atoms with Gasteiger partial charge in [-0.3, -0.25) is 4.79 Å². The summed E-state index contributed by atoms with van der Waals surface area (Å²) in [5.74, 6) is -0.264. The lowest BCUT2D eigenvalue weighted by Crippen LogP contribution is -2.35. The molecular weight excluding hydrogens is 278 g/mol. The number of aliphatic hydroxyl groups excluding tert-OH is 1. The Morgan fingerprint density at radius 1 is 1.60 bits per heavy atom. The summed E-state index contributed by atoms with van der Waals surface area (Å²) in [6.07, 6.45) is 4.97. The van der Waals surface area contributed by atoms with Gasteiger partial charge in [-0.25, -0.2) is 4.79 Å². The molecule has 20 heavy (non-hydrogen) atoms. The van der Waals surface area contributed by atoms with Gasteiger partial charge in [-0.1, -0.05) is 6.08 Å². The predicted octanol–water partition coefficient (Wildman–Crippen LogP) is 1.53. The van der Waals surface area contributed by atoms with E-state index in [4.69, 9.17) is 0 Å². The van der Waals surface area contributed by atoms with E-state index in [1.165, 1.54) is 18.4 Å². The van der Waals surface area contributed by atoms with Gasteiger partial charge in [-0.2, -0.15) is 0 Å². The molecular formula is C14H17NO4S. The van der Waals surface area contributed by atoms with Crippen molar-refractivity contribution in [1.82, 2.24) is 4.90 Å². The third-order valence-corrected chi connectivity index (χ3v) is 4.29. The molecule has 0 spiro atoms. The number of carbonyl (C=O) groups excluding carboxylic acids is 2. The van der Waals surface area contributed by atoms with Crippen LogP contribution in [-0.2, 0) is 9.53 Å². The van der Waals surface area contributed by atoms with Crippen molar-refractivity contribution in [2.75, 3.05) is 20.3 Å². The number of likely N-dealkylation sites (tertiary alicyclic amines) is 1. The third-order valence-electron chi connectivity index (χ3n) is 3.26. The van der Waals surface area contributed by atoms with E-state index in [9.17, 15) is 14.7 Å². The average Bonchev–Trinajstić information content (AvgIpc) is 3.06. The molecule has 1 aliphatic heterocycles. The number of amides is 1. The number of carbonyl (C=O) groups is 2. The van der Waals surface area contributed by atoms with Crippen LogP contribution in [0.3, 0.4) is 0 Å². The Balaban J connectivity index is 1.94. The Hall–Kier alpha value is -1.66. The van der Waals surface area contributed by atoms with Gasteiger partial charge in [0, 0.05) is 17.8 Å². The molecule has 0 radical (unpaired) electrons. The van der Waals surface area contributed by atoms with E-state index in [2.05, 4.69) is 4.74 Å². The summed E-state index contributed by atoms with van der Waals surface area (Å²) in [7, 11) is 1.35. The number of hydrogen-bond acceptors (Lipinski definition) is 5. The van der Waals surface area contributed by atoms with Crippen molar-refractivity contribution in [3.05, 3.63) is 28.0 Å². The number of aliphatic hydroxyl groups is 1. The summed E-state index contributed by atoms with van der Waals surface area (Å²) >= 11 is 1.34. The average molecular weight is 295 g/mol. The van der Waals surface area contributed by atoms with Crippen LogP contribution < -0.4 is 0 Å². The van der Waals surface area contributed by atoms with Gasteiger partial charge in [0.05, 0.1) is 19.8 Å². The van der Waals surface area contributed by atoms with Gasteiger partial charge in [-0.15, -0.1) is 11.3 Å². The van der Waals surface area contributed by atoms with Gasteiger partial charge in [-0.05, 0) is 24.6 Å². The molecule has 0 unspecified atom stereocenters. The number of hydrogen-bond donors (Lipinski definition) is 1. The molecule has 2 rings (SSSR count). The maximum atomic E-state index is 11.6. The molecule has 1 aliphatic rings. The summed E-state index contributed by atoms with van der Waals surface area (Å²) in [5.41, 5.74) is 0. The normalized spacial score (nSPS) is 19.0. The predicted molar refractivity (Wildman–Crippen MR) is 76.5 cm³/mol. The van der Waals surface area contributed by atoms with Crippen LogP contribution in [0, 0.1) is 0 Å². The molecule has 1 fully saturated rings. The fraction of sp³-hybridized carbons (Fsp3) is 0.429. The summed E-state index contributed by atoms with van der Waals surface area (Å²) in [5, 5.41) is 9.19. The van der Waals surface area contributed by atoms with E-state index in [-0.39, 0.29) is 24.5 Å². The number of rotatable bonds is 5. The molecule has 1 N–H and O–H groups in total. The van der Waals surface area contributed by atoms with Crippen LogP contribution in [0.25, 0.3) is 6.08 Å². The van der Waals surface area contributed by atoms with Gasteiger partial charge in [0.15, 0.2) is 0 Å². The molecule has 0 aromatic carbocycles. The van der Waals surface area contributed by atoms with Crippen LogP contribution in [0.2, 0.25) is 0 Å². The molecule has 1 amide bonds. The van der Waals surface area contributed by atoms with Crippen LogP contribution in [0.4, 0.5) is 0 Å². The Morgan fingerprint density at radius 2 is 2.40 bits per heavy atom. The minimum Gasteiger partial charge on any atom is -0.465 e. The minimum absolute atomic E-state index is 0.00503. The number of thiophene rings is 1. The Morgan fingerprint density at radius 3 is 3.10 bits per heavy atom. The van der Waals surface area contributed by atoms with Crippen molar-refractivity contribution in [2.24, 2.45) is 0 Å². The van der Waals surface area contributed by atoms with E-state index >= 15 is 0 Å². The first-order valence-electron chi connectivity index (χ1n) is 6.40. The van der Waals surface area contributed by atoms with Crippen molar-refractivity contribution in [1.29, 1.82) is 0 Å². The lowest BCUT2D eigenvalue weighted by Gasteiger charge is -2.21. The Kier molecular flexibility index (Phi) is 4.92. The zero-order chi connectivity index (χ0) is 14.5. The zero-order valence-electron chi connectivity index (χ0n) is 11.2. The van der Waals surface area contributed by atoms with E-state index in [0.29, 0.717) is 24.3 Å². The van der Waals surface area contributed by atoms with E-state index in [0.717, 1.165) is 4.88 Å².